The first-order valence-electron chi connectivity index (χ1n) is 4.89. The Morgan fingerprint density at radius 3 is 2.93 bits per heavy atom. The van der Waals surface area contributed by atoms with Crippen LogP contribution in [0.25, 0.3) is 0 Å². The van der Waals surface area contributed by atoms with Crippen LogP contribution in [0, 0.1) is 5.92 Å². The first-order valence-corrected chi connectivity index (χ1v) is 7.20. The summed E-state index contributed by atoms with van der Waals surface area (Å²) in [5.41, 5.74) is 0. The van der Waals surface area contributed by atoms with Gasteiger partial charge in [0.15, 0.2) is 0 Å². The maximum Gasteiger partial charge on any atom is 0.306 e. The fraction of sp³-hybridized carbons (Fsp3) is 0.889. The van der Waals surface area contributed by atoms with Gasteiger partial charge in [-0.15, -0.1) is 11.8 Å². The van der Waals surface area contributed by atoms with Gasteiger partial charge < -0.3 is 5.11 Å². The predicted molar refractivity (Wildman–Crippen MR) is 57.8 cm³/mol. The van der Waals surface area contributed by atoms with Gasteiger partial charge in [-0.1, -0.05) is 0 Å². The molecule has 2 aliphatic rings. The van der Waals surface area contributed by atoms with E-state index in [1.54, 1.807) is 11.8 Å². The summed E-state index contributed by atoms with van der Waals surface area (Å²) < 4.78 is 11.7. The first-order chi connectivity index (χ1) is 6.64. The molecule has 2 rings (SSSR count). The highest BCUT2D eigenvalue weighted by atomic mass is 32.2. The molecule has 1 saturated carbocycles. The van der Waals surface area contributed by atoms with Gasteiger partial charge in [-0.2, -0.15) is 0 Å². The Morgan fingerprint density at radius 2 is 2.36 bits per heavy atom. The molecule has 1 saturated heterocycles. The monoisotopic (exact) mass is 234 g/mol. The average molecular weight is 234 g/mol. The van der Waals surface area contributed by atoms with Crippen molar-refractivity contribution < 1.29 is 14.1 Å². The van der Waals surface area contributed by atoms with E-state index in [0.717, 1.165) is 24.3 Å². The standard InChI is InChI=1S/C9H14O3S2/c10-8(11)7-2-3-9(6-7)13-4-1-5-14(9)12/h7H,1-6H2,(H,10,11)/t7-,9-,14+/m1/s1. The van der Waals surface area contributed by atoms with Crippen LogP contribution in [0.1, 0.15) is 25.7 Å². The number of carbonyl (C=O) groups is 1. The summed E-state index contributed by atoms with van der Waals surface area (Å²) in [7, 11) is -0.812. The van der Waals surface area contributed by atoms with Crippen LogP contribution in [0.5, 0.6) is 0 Å². The third kappa shape index (κ3) is 1.72. The van der Waals surface area contributed by atoms with E-state index in [2.05, 4.69) is 0 Å². The van der Waals surface area contributed by atoms with E-state index in [1.165, 1.54) is 0 Å². The van der Waals surface area contributed by atoms with E-state index in [9.17, 15) is 9.00 Å². The molecule has 2 fully saturated rings. The van der Waals surface area contributed by atoms with Crippen LogP contribution >= 0.6 is 11.8 Å². The van der Waals surface area contributed by atoms with Crippen molar-refractivity contribution in [2.24, 2.45) is 5.92 Å². The van der Waals surface area contributed by atoms with Crippen molar-refractivity contribution in [3.8, 4) is 0 Å². The zero-order valence-corrected chi connectivity index (χ0v) is 9.53. The highest BCUT2D eigenvalue weighted by Crippen LogP contribution is 2.49. The van der Waals surface area contributed by atoms with Crippen molar-refractivity contribution in [3.63, 3.8) is 0 Å². The molecular formula is C9H14O3S2. The Bertz CT molecular complexity index is 279. The molecular weight excluding hydrogens is 220 g/mol. The largest absolute Gasteiger partial charge is 0.481 e. The van der Waals surface area contributed by atoms with Gasteiger partial charge in [-0.05, 0) is 31.4 Å². The van der Waals surface area contributed by atoms with Gasteiger partial charge in [0.25, 0.3) is 0 Å². The van der Waals surface area contributed by atoms with Crippen LogP contribution in [-0.2, 0) is 15.6 Å². The number of aliphatic carboxylic acids is 1. The van der Waals surface area contributed by atoms with E-state index in [-0.39, 0.29) is 10.00 Å². The first kappa shape index (κ1) is 10.5. The fourth-order valence-corrected chi connectivity index (χ4v) is 6.18. The van der Waals surface area contributed by atoms with Crippen molar-refractivity contribution in [2.75, 3.05) is 11.5 Å². The summed E-state index contributed by atoms with van der Waals surface area (Å²) in [5.74, 6) is 0.826. The van der Waals surface area contributed by atoms with Crippen molar-refractivity contribution in [1.82, 2.24) is 0 Å². The third-order valence-electron chi connectivity index (χ3n) is 3.03. The number of carboxylic acids is 1. The van der Waals surface area contributed by atoms with E-state index in [1.807, 2.05) is 0 Å². The fourth-order valence-electron chi connectivity index (χ4n) is 2.22. The van der Waals surface area contributed by atoms with Crippen molar-refractivity contribution >= 4 is 28.5 Å². The molecule has 1 heterocycles. The second-order valence-electron chi connectivity index (χ2n) is 3.94. The molecule has 0 bridgehead atoms. The summed E-state index contributed by atoms with van der Waals surface area (Å²) in [6.45, 7) is 0. The third-order valence-corrected chi connectivity index (χ3v) is 7.20. The summed E-state index contributed by atoms with van der Waals surface area (Å²) in [6, 6.07) is 0. The molecule has 5 heteroatoms. The molecule has 0 radical (unpaired) electrons. The lowest BCUT2D eigenvalue weighted by Crippen LogP contribution is -2.34. The second kappa shape index (κ2) is 3.85. The van der Waals surface area contributed by atoms with Gasteiger partial charge in [0.1, 0.15) is 0 Å². The summed E-state index contributed by atoms with van der Waals surface area (Å²) in [4.78, 5) is 10.8. The van der Waals surface area contributed by atoms with Gasteiger partial charge in [0.2, 0.25) is 0 Å². The van der Waals surface area contributed by atoms with Crippen LogP contribution in [0.4, 0.5) is 0 Å². The lowest BCUT2D eigenvalue weighted by molar-refractivity contribution is -0.141. The summed E-state index contributed by atoms with van der Waals surface area (Å²) in [5, 5.41) is 8.91. The Hall–Kier alpha value is -0.0300. The normalized spacial score (nSPS) is 42.9. The van der Waals surface area contributed by atoms with E-state index in [4.69, 9.17) is 5.11 Å². The molecule has 80 valence electrons. The molecule has 0 aromatic rings. The molecule has 1 aliphatic heterocycles. The van der Waals surface area contributed by atoms with Gasteiger partial charge in [-0.3, -0.25) is 9.00 Å². The molecule has 0 unspecified atom stereocenters. The van der Waals surface area contributed by atoms with Crippen molar-refractivity contribution in [2.45, 2.75) is 29.8 Å². The molecule has 3 nitrogen and oxygen atoms in total. The molecule has 0 aromatic heterocycles. The quantitative estimate of drug-likeness (QED) is 0.746. The highest BCUT2D eigenvalue weighted by molar-refractivity contribution is 8.13. The minimum absolute atomic E-state index is 0.207. The Labute approximate surface area is 90.1 Å². The lowest BCUT2D eigenvalue weighted by Gasteiger charge is -2.31. The number of hydrogen-bond acceptors (Lipinski definition) is 3. The maximum absolute atomic E-state index is 11.9. The number of thioether (sulfide) groups is 1. The number of rotatable bonds is 1. The minimum atomic E-state index is -0.812. The number of hydrogen-bond donors (Lipinski definition) is 1. The molecule has 1 N–H and O–H groups in total. The zero-order valence-electron chi connectivity index (χ0n) is 7.90. The van der Waals surface area contributed by atoms with Crippen LogP contribution in [0.3, 0.4) is 0 Å². The molecule has 1 aliphatic carbocycles. The maximum atomic E-state index is 11.9. The Morgan fingerprint density at radius 1 is 1.57 bits per heavy atom. The van der Waals surface area contributed by atoms with Gasteiger partial charge in [0.05, 0.1) is 10.00 Å². The average Bonchev–Trinajstić information content (AvgIpc) is 2.56. The summed E-state index contributed by atoms with van der Waals surface area (Å²) >= 11 is 1.74. The molecule has 3 atom stereocenters. The highest BCUT2D eigenvalue weighted by Gasteiger charge is 2.47. The van der Waals surface area contributed by atoms with E-state index >= 15 is 0 Å². The van der Waals surface area contributed by atoms with Crippen LogP contribution < -0.4 is 0 Å². The minimum Gasteiger partial charge on any atom is -0.481 e. The van der Waals surface area contributed by atoms with Crippen LogP contribution in [0.2, 0.25) is 0 Å². The smallest absolute Gasteiger partial charge is 0.306 e. The predicted octanol–water partition coefficient (Wildman–Crippen LogP) is 1.45. The number of carboxylic acid groups (broad SMARTS) is 1. The molecule has 0 aromatic carbocycles. The molecule has 1 spiro atoms. The van der Waals surface area contributed by atoms with E-state index in [0.29, 0.717) is 12.8 Å². The van der Waals surface area contributed by atoms with Gasteiger partial charge >= 0.3 is 5.97 Å². The van der Waals surface area contributed by atoms with Crippen molar-refractivity contribution in [1.29, 1.82) is 0 Å². The Kier molecular flexibility index (Phi) is 2.88. The molecule has 14 heavy (non-hydrogen) atoms. The Balaban J connectivity index is 2.10. The lowest BCUT2D eigenvalue weighted by atomic mass is 10.1. The van der Waals surface area contributed by atoms with Gasteiger partial charge in [-0.25, -0.2) is 0 Å². The SMILES string of the molecule is O=C(O)[C@@H]1CC[C@@]2(C1)SCCC[S@@]2=O. The van der Waals surface area contributed by atoms with Crippen LogP contribution in [0.15, 0.2) is 0 Å². The van der Waals surface area contributed by atoms with Crippen LogP contribution in [-0.4, -0.2) is 30.9 Å². The molecule has 0 amide bonds. The topological polar surface area (TPSA) is 54.4 Å². The van der Waals surface area contributed by atoms with E-state index < -0.39 is 16.8 Å². The second-order valence-corrected chi connectivity index (χ2v) is 7.56. The zero-order chi connectivity index (χ0) is 10.2. The summed E-state index contributed by atoms with van der Waals surface area (Å²) in [6.07, 6.45) is 3.14. The van der Waals surface area contributed by atoms with Crippen molar-refractivity contribution in [3.05, 3.63) is 0 Å². The van der Waals surface area contributed by atoms with Gasteiger partial charge in [0, 0.05) is 16.6 Å².